The molecule has 2 heterocycles. The SMILES string of the molecule is CCOP1(=O)CCN(Cc2ccccc2-c2cnn(C)c2)CC1(CCCCN(C(=O)OC(C)(C)C)C(=O)OC(C)(C)C)C(=O)OC(C)(C)C. The van der Waals surface area contributed by atoms with Gasteiger partial charge in [0.05, 0.1) is 12.8 Å². The summed E-state index contributed by atoms with van der Waals surface area (Å²) in [6, 6.07) is 8.06. The van der Waals surface area contributed by atoms with Gasteiger partial charge >= 0.3 is 18.2 Å². The second-order valence-electron chi connectivity index (χ2n) is 15.7. The highest BCUT2D eigenvalue weighted by atomic mass is 31.2. The average Bonchev–Trinajstić information content (AvgIpc) is 3.38. The van der Waals surface area contributed by atoms with E-state index in [4.69, 9.17) is 18.7 Å². The van der Waals surface area contributed by atoms with E-state index in [0.29, 0.717) is 25.9 Å². The molecule has 1 aliphatic rings. The maximum Gasteiger partial charge on any atom is 0.419 e. The van der Waals surface area contributed by atoms with Crippen molar-refractivity contribution in [2.45, 2.75) is 117 Å². The molecule has 2 atom stereocenters. The molecule has 2 aromatic rings. The molecule has 12 nitrogen and oxygen atoms in total. The topological polar surface area (TPSA) is 130 Å². The smallest absolute Gasteiger partial charge is 0.419 e. The summed E-state index contributed by atoms with van der Waals surface area (Å²) in [7, 11) is -1.72. The summed E-state index contributed by atoms with van der Waals surface area (Å²) in [5.41, 5.74) is 0.564. The van der Waals surface area contributed by atoms with Crippen LogP contribution in [0.4, 0.5) is 9.59 Å². The van der Waals surface area contributed by atoms with E-state index in [2.05, 4.69) is 16.1 Å². The Morgan fingerprint density at radius 3 is 2.04 bits per heavy atom. The third-order valence-corrected chi connectivity index (χ3v) is 11.2. The number of carbonyl (C=O) groups is 3. The zero-order chi connectivity index (χ0) is 36.8. The fourth-order valence-electron chi connectivity index (χ4n) is 5.82. The van der Waals surface area contributed by atoms with Crippen molar-refractivity contribution >= 4 is 25.5 Å². The van der Waals surface area contributed by atoms with Gasteiger partial charge in [0.1, 0.15) is 16.8 Å². The minimum absolute atomic E-state index is 0.0185. The van der Waals surface area contributed by atoms with Gasteiger partial charge in [0.25, 0.3) is 0 Å². The summed E-state index contributed by atoms with van der Waals surface area (Å²) in [5.74, 6) is -0.571. The highest BCUT2D eigenvalue weighted by Crippen LogP contribution is 2.64. The highest BCUT2D eigenvalue weighted by molar-refractivity contribution is 7.62. The molecule has 1 aromatic heterocycles. The van der Waals surface area contributed by atoms with Gasteiger partial charge in [0, 0.05) is 51.1 Å². The van der Waals surface area contributed by atoms with E-state index in [9.17, 15) is 18.9 Å². The maximum atomic E-state index is 14.8. The second kappa shape index (κ2) is 15.8. The van der Waals surface area contributed by atoms with E-state index < -0.39 is 47.5 Å². The molecule has 1 fully saturated rings. The number of imide groups is 1. The minimum atomic E-state index is -3.59. The number of amides is 2. The monoisotopic (exact) mass is 704 g/mol. The van der Waals surface area contributed by atoms with Crippen LogP contribution in [0.5, 0.6) is 0 Å². The van der Waals surface area contributed by atoms with Crippen molar-refractivity contribution in [3.05, 3.63) is 42.2 Å². The van der Waals surface area contributed by atoms with Gasteiger partial charge in [-0.05, 0) is 99.6 Å². The van der Waals surface area contributed by atoms with E-state index in [1.807, 2.05) is 37.6 Å². The molecule has 0 N–H and O–H groups in total. The van der Waals surface area contributed by atoms with Gasteiger partial charge in [0.15, 0.2) is 5.16 Å². The number of aromatic nitrogens is 2. The predicted molar refractivity (Wildman–Crippen MR) is 190 cm³/mol. The number of unbranched alkanes of at least 4 members (excludes halogenated alkanes) is 1. The molecule has 2 unspecified atom stereocenters. The number of hydrogen-bond acceptors (Lipinski definition) is 10. The van der Waals surface area contributed by atoms with Crippen molar-refractivity contribution in [3.63, 3.8) is 0 Å². The molecule has 1 aromatic carbocycles. The van der Waals surface area contributed by atoms with Crippen LogP contribution < -0.4 is 0 Å². The molecule has 2 amide bonds. The number of aryl methyl sites for hydroxylation is 1. The lowest BCUT2D eigenvalue weighted by Crippen LogP contribution is -2.56. The molecule has 1 saturated heterocycles. The van der Waals surface area contributed by atoms with Crippen LogP contribution in [-0.2, 0) is 41.7 Å². The van der Waals surface area contributed by atoms with Crippen LogP contribution in [0.25, 0.3) is 11.1 Å². The maximum absolute atomic E-state index is 14.8. The number of ether oxygens (including phenoxy) is 3. The standard InChI is InChI=1S/C36H57N4O8P/c1-12-45-49(44)22-21-39(25-27-17-13-14-18-29(27)28-23-37-38(11)24-28)26-36(49,30(41)46-33(2,3)4)19-15-16-20-40(31(42)47-34(5,6)7)32(43)48-35(8,9)10/h13-14,17-18,23-24H,12,15-16,19-22,25-26H2,1-11H3. The van der Waals surface area contributed by atoms with Crippen LogP contribution in [0.1, 0.15) is 94.1 Å². The first-order chi connectivity index (χ1) is 22.6. The van der Waals surface area contributed by atoms with E-state index in [1.165, 1.54) is 0 Å². The van der Waals surface area contributed by atoms with Crippen molar-refractivity contribution in [3.8, 4) is 11.1 Å². The lowest BCUT2D eigenvalue weighted by molar-refractivity contribution is -0.160. The zero-order valence-electron chi connectivity index (χ0n) is 31.3. The summed E-state index contributed by atoms with van der Waals surface area (Å²) in [6.45, 7) is 18.7. The van der Waals surface area contributed by atoms with Gasteiger partial charge in [-0.25, -0.2) is 14.5 Å². The molecular weight excluding hydrogens is 647 g/mol. The normalized spacial score (nSPS) is 20.5. The molecule has 1 aliphatic heterocycles. The zero-order valence-corrected chi connectivity index (χ0v) is 32.2. The number of nitrogens with zero attached hydrogens (tertiary/aromatic N) is 4. The summed E-state index contributed by atoms with van der Waals surface area (Å²) in [6.07, 6.45) is 3.13. The molecule has 49 heavy (non-hydrogen) atoms. The van der Waals surface area contributed by atoms with E-state index in [-0.39, 0.29) is 32.3 Å². The Morgan fingerprint density at radius 1 is 0.918 bits per heavy atom. The summed E-state index contributed by atoms with van der Waals surface area (Å²) in [5, 5.41) is 2.87. The Morgan fingerprint density at radius 2 is 1.51 bits per heavy atom. The average molecular weight is 705 g/mol. The number of rotatable bonds is 11. The Labute approximate surface area is 292 Å². The van der Waals surface area contributed by atoms with Crippen molar-refractivity contribution in [2.24, 2.45) is 7.05 Å². The Balaban J connectivity index is 1.94. The summed E-state index contributed by atoms with van der Waals surface area (Å²) < 4.78 is 39.6. The molecular formula is C36H57N4O8P. The first kappa shape index (κ1) is 40.2. The van der Waals surface area contributed by atoms with Crippen molar-refractivity contribution in [1.82, 2.24) is 19.6 Å². The fourth-order valence-corrected chi connectivity index (χ4v) is 8.83. The Hall–Kier alpha value is -3.21. The Bertz CT molecular complexity index is 1480. The van der Waals surface area contributed by atoms with Crippen LogP contribution in [0.3, 0.4) is 0 Å². The Kier molecular flexibility index (Phi) is 12.9. The predicted octanol–water partition coefficient (Wildman–Crippen LogP) is 7.64. The molecule has 13 heteroatoms. The summed E-state index contributed by atoms with van der Waals surface area (Å²) in [4.78, 5) is 43.6. The van der Waals surface area contributed by atoms with E-state index in [1.54, 1.807) is 73.9 Å². The van der Waals surface area contributed by atoms with Crippen LogP contribution in [-0.4, -0.2) is 92.1 Å². The first-order valence-corrected chi connectivity index (χ1v) is 18.9. The third kappa shape index (κ3) is 11.1. The third-order valence-electron chi connectivity index (χ3n) is 7.84. The quantitative estimate of drug-likeness (QED) is 0.0996. The second-order valence-corrected chi connectivity index (χ2v) is 18.6. The lowest BCUT2D eigenvalue weighted by Gasteiger charge is -2.46. The lowest BCUT2D eigenvalue weighted by atomic mass is 9.97. The van der Waals surface area contributed by atoms with Gasteiger partial charge in [-0.3, -0.25) is 18.9 Å². The van der Waals surface area contributed by atoms with Crippen LogP contribution in [0.2, 0.25) is 0 Å². The fraction of sp³-hybridized carbons (Fsp3) is 0.667. The molecule has 0 bridgehead atoms. The number of hydrogen-bond donors (Lipinski definition) is 0. The van der Waals surface area contributed by atoms with E-state index >= 15 is 0 Å². The van der Waals surface area contributed by atoms with Crippen molar-refractivity contribution in [2.75, 3.05) is 32.4 Å². The number of esters is 1. The molecule has 274 valence electrons. The molecule has 0 spiro atoms. The van der Waals surface area contributed by atoms with Crippen LogP contribution >= 0.6 is 7.37 Å². The van der Waals surface area contributed by atoms with Gasteiger partial charge in [-0.15, -0.1) is 0 Å². The number of benzene rings is 1. The van der Waals surface area contributed by atoms with Gasteiger partial charge < -0.3 is 18.7 Å². The molecule has 0 radical (unpaired) electrons. The van der Waals surface area contributed by atoms with Gasteiger partial charge in [0.2, 0.25) is 7.37 Å². The van der Waals surface area contributed by atoms with Crippen LogP contribution in [0, 0.1) is 0 Å². The van der Waals surface area contributed by atoms with Crippen molar-refractivity contribution < 1.29 is 37.7 Å². The highest BCUT2D eigenvalue weighted by Gasteiger charge is 2.59. The summed E-state index contributed by atoms with van der Waals surface area (Å²) >= 11 is 0. The van der Waals surface area contributed by atoms with Gasteiger partial charge in [-0.2, -0.15) is 5.10 Å². The van der Waals surface area contributed by atoms with Gasteiger partial charge in [-0.1, -0.05) is 24.3 Å². The van der Waals surface area contributed by atoms with E-state index in [0.717, 1.165) is 21.6 Å². The van der Waals surface area contributed by atoms with Crippen LogP contribution in [0.15, 0.2) is 36.7 Å². The van der Waals surface area contributed by atoms with Crippen molar-refractivity contribution in [1.29, 1.82) is 0 Å². The number of carbonyl (C=O) groups excluding carboxylic acids is 3. The molecule has 0 aliphatic carbocycles. The minimum Gasteiger partial charge on any atom is -0.459 e. The largest absolute Gasteiger partial charge is 0.459 e. The first-order valence-electron chi connectivity index (χ1n) is 17.1. The molecule has 3 rings (SSSR count). The molecule has 0 saturated carbocycles.